The fourth-order valence-electron chi connectivity index (χ4n) is 4.15. The molecule has 0 radical (unpaired) electrons. The Morgan fingerprint density at radius 2 is 1.70 bits per heavy atom. The van der Waals surface area contributed by atoms with Gasteiger partial charge in [-0.05, 0) is 24.6 Å². The van der Waals surface area contributed by atoms with Crippen molar-refractivity contribution in [3.05, 3.63) is 54.1 Å². The number of amides is 2. The third kappa shape index (κ3) is 9.46. The predicted octanol–water partition coefficient (Wildman–Crippen LogP) is 6.01. The number of imidazole rings is 1. The monoisotopic (exact) mass is 632 g/mol. The Bertz CT molecular complexity index is 1370. The molecule has 2 aromatic heterocycles. The van der Waals surface area contributed by atoms with Crippen LogP contribution in [0, 0.1) is 5.41 Å². The zero-order valence-corrected chi connectivity index (χ0v) is 24.4. The molecule has 0 spiro atoms. The first kappa shape index (κ1) is 34.4. The summed E-state index contributed by atoms with van der Waals surface area (Å²) < 4.78 is 87.0. The van der Waals surface area contributed by atoms with Gasteiger partial charge in [-0.1, -0.05) is 40.5 Å². The molecule has 0 aliphatic carbocycles. The maximum absolute atomic E-state index is 13.3. The number of nitrogens with zero attached hydrogens (tertiary/aromatic N) is 3. The summed E-state index contributed by atoms with van der Waals surface area (Å²) in [6.45, 7) is 7.10. The number of rotatable bonds is 11. The summed E-state index contributed by atoms with van der Waals surface area (Å²) in [5.74, 6) is -0.532. The zero-order chi connectivity index (χ0) is 32.9. The van der Waals surface area contributed by atoms with Crippen LogP contribution in [0.5, 0.6) is 0 Å². The lowest BCUT2D eigenvalue weighted by Crippen LogP contribution is -2.50. The molecule has 0 aliphatic heterocycles. The van der Waals surface area contributed by atoms with Crippen LogP contribution >= 0.6 is 0 Å². The number of alkyl halides is 6. The van der Waals surface area contributed by atoms with Crippen molar-refractivity contribution in [2.24, 2.45) is 5.41 Å². The summed E-state index contributed by atoms with van der Waals surface area (Å²) in [7, 11) is 0. The number of hydrogen-bond donors (Lipinski definition) is 4. The molecule has 2 amide bonds. The smallest absolute Gasteiger partial charge is 0.416 e. The van der Waals surface area contributed by atoms with Gasteiger partial charge in [0.2, 0.25) is 0 Å². The molecule has 0 saturated heterocycles. The van der Waals surface area contributed by atoms with Crippen molar-refractivity contribution < 1.29 is 45.8 Å². The minimum absolute atomic E-state index is 0.0360. The van der Waals surface area contributed by atoms with Crippen LogP contribution in [0.2, 0.25) is 0 Å². The third-order valence-electron chi connectivity index (χ3n) is 6.69. The number of aromatic nitrogens is 4. The van der Waals surface area contributed by atoms with Gasteiger partial charge in [-0.2, -0.15) is 31.4 Å². The van der Waals surface area contributed by atoms with Gasteiger partial charge in [-0.25, -0.2) is 9.78 Å². The molecule has 10 nitrogen and oxygen atoms in total. The maximum atomic E-state index is 13.3. The van der Waals surface area contributed by atoms with Gasteiger partial charge in [0, 0.05) is 23.2 Å². The number of aliphatic hydroxyl groups excluding tert-OH is 1. The minimum atomic E-state index is -5.01. The Balaban J connectivity index is 1.77. The van der Waals surface area contributed by atoms with Crippen molar-refractivity contribution in [1.82, 2.24) is 25.1 Å². The van der Waals surface area contributed by atoms with E-state index in [1.807, 2.05) is 6.92 Å². The van der Waals surface area contributed by atoms with Crippen molar-refractivity contribution >= 4 is 17.8 Å². The lowest BCUT2D eigenvalue weighted by molar-refractivity contribution is -0.143. The van der Waals surface area contributed by atoms with Crippen LogP contribution in [0.15, 0.2) is 43.0 Å². The fraction of sp³-hybridized carbons (Fsp3) is 0.500. The predicted molar refractivity (Wildman–Crippen MR) is 147 cm³/mol. The summed E-state index contributed by atoms with van der Waals surface area (Å²) in [5.41, 5.74) is -4.18. The normalized spacial score (nSPS) is 14.5. The van der Waals surface area contributed by atoms with Crippen LogP contribution in [0.1, 0.15) is 58.1 Å². The molecule has 0 unspecified atom stereocenters. The molecule has 242 valence electrons. The van der Waals surface area contributed by atoms with E-state index in [0.717, 1.165) is 0 Å². The topological polar surface area (TPSA) is 134 Å². The van der Waals surface area contributed by atoms with Gasteiger partial charge in [0.25, 0.3) is 5.91 Å². The molecule has 0 bridgehead atoms. The zero-order valence-electron chi connectivity index (χ0n) is 24.4. The number of hydrogen-bond acceptors (Lipinski definition) is 6. The molecule has 3 rings (SSSR count). The number of nitrogens with one attached hydrogen (secondary N) is 3. The number of aliphatic hydroxyl groups is 1. The summed E-state index contributed by atoms with van der Waals surface area (Å²) in [6, 6.07) is 1.67. The molecular weight excluding hydrogens is 598 g/mol. The third-order valence-corrected chi connectivity index (χ3v) is 6.69. The van der Waals surface area contributed by atoms with Gasteiger partial charge in [0.15, 0.2) is 6.10 Å². The number of halogens is 6. The number of unbranched alkanes of at least 4 members (excludes halogenated alkanes) is 1. The number of benzene rings is 1. The maximum Gasteiger partial charge on any atom is 0.416 e. The molecule has 4 N–H and O–H groups in total. The van der Waals surface area contributed by atoms with E-state index in [1.54, 1.807) is 20.8 Å². The highest BCUT2D eigenvalue weighted by Gasteiger charge is 2.37. The highest BCUT2D eigenvalue weighted by molar-refractivity contribution is 5.94. The van der Waals surface area contributed by atoms with E-state index in [-0.39, 0.29) is 30.5 Å². The standard InChI is InChI=1S/C28H34F6N6O4/c1-5-6-7-19(23(41)24(42)38-22-8-9-36-39-22)37-25(43)44-21(26(2,3)4)14-40-13-20(35-15-40)16-10-17(27(29,30)31)12-18(11-16)28(32,33)34/h8-13,15,19,21,23,41H,5-7,14H2,1-4H3,(H,37,43)(H2,36,38,39,42)/t19-,21+,23-/m0/s1. The Morgan fingerprint density at radius 3 is 2.23 bits per heavy atom. The largest absolute Gasteiger partial charge is 0.444 e. The van der Waals surface area contributed by atoms with Crippen molar-refractivity contribution in [1.29, 1.82) is 0 Å². The lowest BCUT2D eigenvalue weighted by atomic mass is 9.89. The quantitative estimate of drug-likeness (QED) is 0.191. The van der Waals surface area contributed by atoms with Crippen molar-refractivity contribution in [3.63, 3.8) is 0 Å². The fourth-order valence-corrected chi connectivity index (χ4v) is 4.15. The number of anilines is 1. The SMILES string of the molecule is CCCC[C@H](NC(=O)O[C@H](Cn1cnc(-c2cc(C(F)(F)F)cc(C(F)(F)F)c2)c1)C(C)(C)C)[C@H](O)C(=O)Nc1ccn[nH]1. The number of ether oxygens (including phenoxy) is 1. The first-order valence-electron chi connectivity index (χ1n) is 13.7. The lowest BCUT2D eigenvalue weighted by Gasteiger charge is -2.31. The average Bonchev–Trinajstić information content (AvgIpc) is 3.61. The molecule has 16 heteroatoms. The highest BCUT2D eigenvalue weighted by Crippen LogP contribution is 2.38. The van der Waals surface area contributed by atoms with Gasteiger partial charge in [0.05, 0.1) is 41.9 Å². The number of carbonyl (C=O) groups excluding carboxylic acids is 2. The molecule has 2 heterocycles. The van der Waals surface area contributed by atoms with E-state index >= 15 is 0 Å². The van der Waals surface area contributed by atoms with Gasteiger partial charge in [-0.15, -0.1) is 0 Å². The summed E-state index contributed by atoms with van der Waals surface area (Å²) >= 11 is 0. The van der Waals surface area contributed by atoms with Crippen LogP contribution < -0.4 is 10.6 Å². The average molecular weight is 633 g/mol. The second-order valence-electron chi connectivity index (χ2n) is 11.3. The summed E-state index contributed by atoms with van der Waals surface area (Å²) in [5, 5.41) is 21.9. The van der Waals surface area contributed by atoms with Gasteiger partial charge in [0.1, 0.15) is 11.9 Å². The van der Waals surface area contributed by atoms with Crippen molar-refractivity contribution in [3.8, 4) is 11.3 Å². The molecule has 1 aromatic carbocycles. The molecule has 3 atom stereocenters. The molecular formula is C28H34F6N6O4. The molecule has 44 heavy (non-hydrogen) atoms. The Morgan fingerprint density at radius 1 is 1.07 bits per heavy atom. The van der Waals surface area contributed by atoms with E-state index in [1.165, 1.54) is 29.4 Å². The van der Waals surface area contributed by atoms with Crippen LogP contribution in [0.3, 0.4) is 0 Å². The number of carbonyl (C=O) groups is 2. The summed E-state index contributed by atoms with van der Waals surface area (Å²) in [4.78, 5) is 29.5. The first-order valence-corrected chi connectivity index (χ1v) is 13.7. The van der Waals surface area contributed by atoms with Crippen LogP contribution in [-0.2, 0) is 28.4 Å². The first-order chi connectivity index (χ1) is 20.4. The number of aromatic amines is 1. The second kappa shape index (κ2) is 13.7. The van der Waals surface area contributed by atoms with Crippen LogP contribution in [0.25, 0.3) is 11.3 Å². The molecule has 0 aliphatic rings. The number of alkyl carbamates (subject to hydrolysis) is 1. The van der Waals surface area contributed by atoms with Gasteiger partial charge >= 0.3 is 18.4 Å². The van der Waals surface area contributed by atoms with Gasteiger partial charge in [-0.3, -0.25) is 9.89 Å². The van der Waals surface area contributed by atoms with E-state index in [0.29, 0.717) is 25.0 Å². The van der Waals surface area contributed by atoms with E-state index in [4.69, 9.17) is 4.74 Å². The van der Waals surface area contributed by atoms with Gasteiger partial charge < -0.3 is 25.0 Å². The molecule has 3 aromatic rings. The molecule has 0 fully saturated rings. The highest BCUT2D eigenvalue weighted by atomic mass is 19.4. The van der Waals surface area contributed by atoms with Crippen LogP contribution in [-0.4, -0.2) is 55.1 Å². The minimum Gasteiger partial charge on any atom is -0.444 e. The summed E-state index contributed by atoms with van der Waals surface area (Å²) in [6.07, 6.45) is -8.06. The van der Waals surface area contributed by atoms with Crippen molar-refractivity contribution in [2.45, 2.75) is 84.1 Å². The van der Waals surface area contributed by atoms with E-state index < -0.39 is 64.7 Å². The Hall–Kier alpha value is -4.08. The van der Waals surface area contributed by atoms with Crippen LogP contribution in [0.4, 0.5) is 37.0 Å². The second-order valence-corrected chi connectivity index (χ2v) is 11.3. The van der Waals surface area contributed by atoms with Crippen molar-refractivity contribution in [2.75, 3.05) is 5.32 Å². The Labute approximate surface area is 249 Å². The molecule has 0 saturated carbocycles. The number of H-pyrrole nitrogens is 1. The van der Waals surface area contributed by atoms with E-state index in [9.17, 15) is 41.0 Å². The van der Waals surface area contributed by atoms with E-state index in [2.05, 4.69) is 25.8 Å². The Kier molecular flexibility index (Phi) is 10.7.